The van der Waals surface area contributed by atoms with Gasteiger partial charge in [0.05, 0.1) is 4.92 Å². The molecule has 2 rings (SSSR count). The number of nitro groups is 1. The Morgan fingerprint density at radius 3 is 2.39 bits per heavy atom. The van der Waals surface area contributed by atoms with Gasteiger partial charge >= 0.3 is 0 Å². The van der Waals surface area contributed by atoms with Crippen LogP contribution in [0.25, 0.3) is 11.1 Å². The summed E-state index contributed by atoms with van der Waals surface area (Å²) in [6.45, 7) is 2.43. The Labute approximate surface area is 105 Å². The summed E-state index contributed by atoms with van der Waals surface area (Å²) in [5, 5.41) is 10.8. The molecule has 0 amide bonds. The van der Waals surface area contributed by atoms with E-state index in [1.165, 1.54) is 6.07 Å². The second kappa shape index (κ2) is 4.98. The van der Waals surface area contributed by atoms with Crippen LogP contribution < -0.4 is 5.73 Å². The van der Waals surface area contributed by atoms with Gasteiger partial charge < -0.3 is 5.73 Å². The lowest BCUT2D eigenvalue weighted by molar-refractivity contribution is -0.384. The average molecular weight is 242 g/mol. The van der Waals surface area contributed by atoms with E-state index in [2.05, 4.69) is 0 Å². The molecule has 0 unspecified atom stereocenters. The van der Waals surface area contributed by atoms with E-state index in [1.807, 2.05) is 31.2 Å². The predicted octanol–water partition coefficient (Wildman–Crippen LogP) is 3.03. The molecule has 0 heterocycles. The Hall–Kier alpha value is -2.20. The number of nitrogens with zero attached hydrogens (tertiary/aromatic N) is 1. The SMILES string of the molecule is Cc1ccc([N+](=O)[O-])cc1-c1ccc(CN)cc1. The van der Waals surface area contributed by atoms with Crippen molar-refractivity contribution in [3.8, 4) is 11.1 Å². The fourth-order valence-corrected chi connectivity index (χ4v) is 1.85. The molecule has 0 spiro atoms. The van der Waals surface area contributed by atoms with Crippen molar-refractivity contribution in [3.05, 3.63) is 63.7 Å². The minimum absolute atomic E-state index is 0.110. The zero-order valence-electron chi connectivity index (χ0n) is 10.1. The van der Waals surface area contributed by atoms with E-state index in [9.17, 15) is 10.1 Å². The Bertz CT molecular complexity index is 577. The molecule has 0 bridgehead atoms. The summed E-state index contributed by atoms with van der Waals surface area (Å²) in [6, 6.07) is 12.6. The van der Waals surface area contributed by atoms with Gasteiger partial charge in [0.15, 0.2) is 0 Å². The van der Waals surface area contributed by atoms with Crippen LogP contribution in [-0.4, -0.2) is 4.92 Å². The molecule has 2 N–H and O–H groups in total. The molecule has 92 valence electrons. The topological polar surface area (TPSA) is 69.2 Å². The first-order valence-corrected chi connectivity index (χ1v) is 5.66. The number of benzene rings is 2. The van der Waals surface area contributed by atoms with Crippen molar-refractivity contribution >= 4 is 5.69 Å². The Morgan fingerprint density at radius 2 is 1.83 bits per heavy atom. The molecule has 0 saturated carbocycles. The molecular formula is C14H14N2O2. The normalized spacial score (nSPS) is 10.3. The first-order valence-electron chi connectivity index (χ1n) is 5.66. The van der Waals surface area contributed by atoms with Crippen LogP contribution in [0.3, 0.4) is 0 Å². The van der Waals surface area contributed by atoms with Crippen LogP contribution in [0.2, 0.25) is 0 Å². The summed E-state index contributed by atoms with van der Waals surface area (Å²) >= 11 is 0. The summed E-state index contributed by atoms with van der Waals surface area (Å²) in [4.78, 5) is 10.4. The van der Waals surface area contributed by atoms with E-state index >= 15 is 0 Å². The van der Waals surface area contributed by atoms with Gasteiger partial charge in [0.1, 0.15) is 0 Å². The number of non-ortho nitro benzene ring substituents is 1. The van der Waals surface area contributed by atoms with Gasteiger partial charge in [-0.3, -0.25) is 10.1 Å². The average Bonchev–Trinajstić information content (AvgIpc) is 2.39. The zero-order valence-corrected chi connectivity index (χ0v) is 10.1. The number of nitrogens with two attached hydrogens (primary N) is 1. The molecule has 2 aromatic carbocycles. The quantitative estimate of drug-likeness (QED) is 0.664. The van der Waals surface area contributed by atoms with E-state index in [0.717, 1.165) is 22.3 Å². The van der Waals surface area contributed by atoms with E-state index in [4.69, 9.17) is 5.73 Å². The van der Waals surface area contributed by atoms with Crippen LogP contribution in [0.1, 0.15) is 11.1 Å². The fourth-order valence-electron chi connectivity index (χ4n) is 1.85. The number of hydrogen-bond donors (Lipinski definition) is 1. The smallest absolute Gasteiger partial charge is 0.270 e. The lowest BCUT2D eigenvalue weighted by Crippen LogP contribution is -1.95. The van der Waals surface area contributed by atoms with Crippen molar-refractivity contribution in [1.82, 2.24) is 0 Å². The summed E-state index contributed by atoms with van der Waals surface area (Å²) in [6.07, 6.45) is 0. The minimum Gasteiger partial charge on any atom is -0.326 e. The molecule has 18 heavy (non-hydrogen) atoms. The van der Waals surface area contributed by atoms with Crippen molar-refractivity contribution < 1.29 is 4.92 Å². The Morgan fingerprint density at radius 1 is 1.17 bits per heavy atom. The molecule has 0 atom stereocenters. The maximum Gasteiger partial charge on any atom is 0.270 e. The van der Waals surface area contributed by atoms with Gasteiger partial charge in [-0.25, -0.2) is 0 Å². The Balaban J connectivity index is 2.48. The summed E-state index contributed by atoms with van der Waals surface area (Å²) in [7, 11) is 0. The van der Waals surface area contributed by atoms with E-state index in [-0.39, 0.29) is 10.6 Å². The molecule has 0 radical (unpaired) electrons. The standard InChI is InChI=1S/C14H14N2O2/c1-10-2-7-13(16(17)18)8-14(10)12-5-3-11(9-15)4-6-12/h2-8H,9,15H2,1H3. The molecular weight excluding hydrogens is 228 g/mol. The lowest BCUT2D eigenvalue weighted by Gasteiger charge is -2.06. The molecule has 2 aromatic rings. The summed E-state index contributed by atoms with van der Waals surface area (Å²) < 4.78 is 0. The second-order valence-electron chi connectivity index (χ2n) is 4.16. The highest BCUT2D eigenvalue weighted by Gasteiger charge is 2.09. The lowest BCUT2D eigenvalue weighted by atomic mass is 9.99. The van der Waals surface area contributed by atoms with Crippen molar-refractivity contribution in [2.24, 2.45) is 5.73 Å². The highest BCUT2D eigenvalue weighted by Crippen LogP contribution is 2.27. The van der Waals surface area contributed by atoms with Gasteiger partial charge in [-0.15, -0.1) is 0 Å². The van der Waals surface area contributed by atoms with Gasteiger partial charge in [-0.05, 0) is 29.2 Å². The highest BCUT2D eigenvalue weighted by molar-refractivity contribution is 5.69. The maximum absolute atomic E-state index is 10.8. The van der Waals surface area contributed by atoms with Gasteiger partial charge in [0, 0.05) is 18.7 Å². The third-order valence-electron chi connectivity index (χ3n) is 2.93. The molecule has 0 saturated heterocycles. The summed E-state index contributed by atoms with van der Waals surface area (Å²) in [5.74, 6) is 0. The van der Waals surface area contributed by atoms with Crippen molar-refractivity contribution in [2.75, 3.05) is 0 Å². The van der Waals surface area contributed by atoms with Crippen LogP contribution in [0.4, 0.5) is 5.69 Å². The van der Waals surface area contributed by atoms with Gasteiger partial charge in [0.2, 0.25) is 0 Å². The predicted molar refractivity (Wildman–Crippen MR) is 71.2 cm³/mol. The van der Waals surface area contributed by atoms with Crippen molar-refractivity contribution in [2.45, 2.75) is 13.5 Å². The largest absolute Gasteiger partial charge is 0.326 e. The third kappa shape index (κ3) is 2.38. The van der Waals surface area contributed by atoms with Crippen LogP contribution >= 0.6 is 0 Å². The van der Waals surface area contributed by atoms with Gasteiger partial charge in [-0.1, -0.05) is 30.3 Å². The third-order valence-corrected chi connectivity index (χ3v) is 2.93. The minimum atomic E-state index is -0.378. The van der Waals surface area contributed by atoms with Gasteiger partial charge in [0.25, 0.3) is 5.69 Å². The molecule has 0 aliphatic carbocycles. The second-order valence-corrected chi connectivity index (χ2v) is 4.16. The van der Waals surface area contributed by atoms with Crippen LogP contribution in [0.15, 0.2) is 42.5 Å². The van der Waals surface area contributed by atoms with Gasteiger partial charge in [-0.2, -0.15) is 0 Å². The number of rotatable bonds is 3. The van der Waals surface area contributed by atoms with E-state index in [0.29, 0.717) is 6.54 Å². The zero-order chi connectivity index (χ0) is 13.1. The summed E-state index contributed by atoms with van der Waals surface area (Å²) in [5.41, 5.74) is 9.56. The van der Waals surface area contributed by atoms with Crippen LogP contribution in [-0.2, 0) is 6.54 Å². The van der Waals surface area contributed by atoms with Crippen molar-refractivity contribution in [3.63, 3.8) is 0 Å². The van der Waals surface area contributed by atoms with Crippen LogP contribution in [0.5, 0.6) is 0 Å². The molecule has 0 aliphatic heterocycles. The number of hydrogen-bond acceptors (Lipinski definition) is 3. The maximum atomic E-state index is 10.8. The molecule has 0 aromatic heterocycles. The first-order chi connectivity index (χ1) is 8.61. The molecule has 4 heteroatoms. The fraction of sp³-hybridized carbons (Fsp3) is 0.143. The first kappa shape index (κ1) is 12.3. The molecule has 0 aliphatic rings. The Kier molecular flexibility index (Phi) is 3.39. The highest BCUT2D eigenvalue weighted by atomic mass is 16.6. The number of aryl methyl sites for hydroxylation is 1. The molecule has 4 nitrogen and oxygen atoms in total. The number of nitro benzene ring substituents is 1. The van der Waals surface area contributed by atoms with Crippen molar-refractivity contribution in [1.29, 1.82) is 0 Å². The van der Waals surface area contributed by atoms with E-state index < -0.39 is 0 Å². The monoisotopic (exact) mass is 242 g/mol. The molecule has 0 fully saturated rings. The van der Waals surface area contributed by atoms with E-state index in [1.54, 1.807) is 12.1 Å². The van der Waals surface area contributed by atoms with Crippen LogP contribution in [0, 0.1) is 17.0 Å².